The fourth-order valence-electron chi connectivity index (χ4n) is 0.633. The quantitative estimate of drug-likeness (QED) is 0.506. The third kappa shape index (κ3) is 1.10. The van der Waals surface area contributed by atoms with Crippen LogP contribution in [-0.4, -0.2) is 0 Å². The van der Waals surface area contributed by atoms with Crippen molar-refractivity contribution in [2.75, 3.05) is 5.54 Å². The number of hydrogen-bond donors (Lipinski definition) is 1. The number of halogens is 1. The minimum absolute atomic E-state index is 0.0741. The number of anilines is 1. The summed E-state index contributed by atoms with van der Waals surface area (Å²) in [6.45, 7) is 0. The summed E-state index contributed by atoms with van der Waals surface area (Å²) in [5, 5.41) is 2.59. The zero-order valence-corrected chi connectivity index (χ0v) is 5.04. The predicted octanol–water partition coefficient (Wildman–Crippen LogP) is 2.38. The first kappa shape index (κ1) is 6.67. The van der Waals surface area contributed by atoms with Gasteiger partial charge in [-0.1, -0.05) is 12.1 Å². The Bertz CT molecular complexity index is 239. The summed E-state index contributed by atoms with van der Waals surface area (Å²) in [6.07, 6.45) is 0. The van der Waals surface area contributed by atoms with Crippen molar-refractivity contribution < 1.29 is 4.48 Å². The molecule has 1 N–H and O–H groups in total. The van der Waals surface area contributed by atoms with Crippen molar-refractivity contribution in [3.05, 3.63) is 29.2 Å². The SMILES string of the molecule is O=Nc1ccccc1NF. The Hall–Kier alpha value is -1.45. The molecule has 0 aliphatic heterocycles. The van der Waals surface area contributed by atoms with Crippen LogP contribution in [0.2, 0.25) is 0 Å². The van der Waals surface area contributed by atoms with Crippen LogP contribution in [0.15, 0.2) is 29.4 Å². The molecule has 0 heterocycles. The zero-order chi connectivity index (χ0) is 7.40. The normalized spacial score (nSPS) is 8.90. The molecule has 4 heteroatoms. The van der Waals surface area contributed by atoms with E-state index in [-0.39, 0.29) is 11.4 Å². The maximum Gasteiger partial charge on any atom is 0.133 e. The van der Waals surface area contributed by atoms with Gasteiger partial charge in [0.05, 0.1) is 5.69 Å². The average molecular weight is 140 g/mol. The van der Waals surface area contributed by atoms with E-state index < -0.39 is 0 Å². The van der Waals surface area contributed by atoms with E-state index in [1.807, 2.05) is 0 Å². The van der Waals surface area contributed by atoms with E-state index in [9.17, 15) is 9.39 Å². The van der Waals surface area contributed by atoms with Gasteiger partial charge >= 0.3 is 0 Å². The highest BCUT2D eigenvalue weighted by atomic mass is 19.2. The molecule has 0 atom stereocenters. The Labute approximate surface area is 56.8 Å². The first-order valence-corrected chi connectivity index (χ1v) is 2.67. The number of benzene rings is 1. The van der Waals surface area contributed by atoms with Gasteiger partial charge in [0.1, 0.15) is 5.69 Å². The topological polar surface area (TPSA) is 41.5 Å². The highest BCUT2D eigenvalue weighted by molar-refractivity contribution is 5.63. The van der Waals surface area contributed by atoms with Gasteiger partial charge in [-0.25, -0.2) is 5.54 Å². The lowest BCUT2D eigenvalue weighted by molar-refractivity contribution is 0.618. The summed E-state index contributed by atoms with van der Waals surface area (Å²) in [4.78, 5) is 9.93. The Morgan fingerprint density at radius 1 is 1.40 bits per heavy atom. The minimum Gasteiger partial charge on any atom is -0.222 e. The van der Waals surface area contributed by atoms with Gasteiger partial charge in [0.15, 0.2) is 0 Å². The second-order valence-electron chi connectivity index (χ2n) is 1.70. The molecule has 0 aromatic heterocycles. The van der Waals surface area contributed by atoms with Gasteiger partial charge in [-0.2, -0.15) is 0 Å². The van der Waals surface area contributed by atoms with E-state index in [0.717, 1.165) is 0 Å². The van der Waals surface area contributed by atoms with E-state index >= 15 is 0 Å². The molecule has 0 radical (unpaired) electrons. The van der Waals surface area contributed by atoms with Crippen LogP contribution in [0.5, 0.6) is 0 Å². The van der Waals surface area contributed by atoms with E-state index in [0.29, 0.717) is 0 Å². The van der Waals surface area contributed by atoms with Gasteiger partial charge in [0.25, 0.3) is 0 Å². The summed E-state index contributed by atoms with van der Waals surface area (Å²) in [7, 11) is 0. The minimum atomic E-state index is 0.0741. The first-order valence-electron chi connectivity index (χ1n) is 2.67. The summed E-state index contributed by atoms with van der Waals surface area (Å²) in [5.74, 6) is 0. The summed E-state index contributed by atoms with van der Waals surface area (Å²) in [6, 6.07) is 6.07. The van der Waals surface area contributed by atoms with Crippen LogP contribution < -0.4 is 5.54 Å². The van der Waals surface area contributed by atoms with Crippen LogP contribution >= 0.6 is 0 Å². The van der Waals surface area contributed by atoms with Crippen molar-refractivity contribution in [2.24, 2.45) is 5.18 Å². The molecule has 1 aromatic carbocycles. The number of nitrogens with zero attached hydrogens (tertiary/aromatic N) is 1. The van der Waals surface area contributed by atoms with Gasteiger partial charge in [-0.3, -0.25) is 0 Å². The molecule has 0 aliphatic rings. The average Bonchev–Trinajstić information content (AvgIpc) is 2.04. The molecule has 0 fully saturated rings. The molecule has 0 bridgehead atoms. The highest BCUT2D eigenvalue weighted by Gasteiger charge is 1.97. The Morgan fingerprint density at radius 2 is 2.10 bits per heavy atom. The van der Waals surface area contributed by atoms with Crippen molar-refractivity contribution in [1.82, 2.24) is 0 Å². The molecule has 1 rings (SSSR count). The molecule has 10 heavy (non-hydrogen) atoms. The van der Waals surface area contributed by atoms with Gasteiger partial charge < -0.3 is 0 Å². The van der Waals surface area contributed by atoms with Crippen LogP contribution in [-0.2, 0) is 0 Å². The lowest BCUT2D eigenvalue weighted by atomic mass is 10.3. The molecule has 0 saturated heterocycles. The van der Waals surface area contributed by atoms with Crippen molar-refractivity contribution >= 4 is 11.4 Å². The van der Waals surface area contributed by atoms with Crippen LogP contribution in [0, 0.1) is 4.91 Å². The van der Waals surface area contributed by atoms with Crippen molar-refractivity contribution in [3.8, 4) is 0 Å². The van der Waals surface area contributed by atoms with Crippen molar-refractivity contribution in [3.63, 3.8) is 0 Å². The number of para-hydroxylation sites is 1. The molecule has 0 spiro atoms. The Morgan fingerprint density at radius 3 is 2.60 bits per heavy atom. The maximum absolute atomic E-state index is 11.7. The Kier molecular flexibility index (Phi) is 1.94. The third-order valence-corrected chi connectivity index (χ3v) is 1.10. The maximum atomic E-state index is 11.7. The fraction of sp³-hybridized carbons (Fsp3) is 0. The predicted molar refractivity (Wildman–Crippen MR) is 36.6 cm³/mol. The standard InChI is InChI=1S/C6H5FN2O/c7-8-5-3-1-2-4-6(5)9-10/h1-4,8H. The number of hydrogen-bond acceptors (Lipinski definition) is 3. The number of nitroso groups, excluding NO2 is 1. The summed E-state index contributed by atoms with van der Waals surface area (Å²) >= 11 is 0. The van der Waals surface area contributed by atoms with Crippen molar-refractivity contribution in [1.29, 1.82) is 0 Å². The van der Waals surface area contributed by atoms with Crippen LogP contribution in [0.4, 0.5) is 15.9 Å². The second-order valence-corrected chi connectivity index (χ2v) is 1.70. The van der Waals surface area contributed by atoms with Gasteiger partial charge in [0.2, 0.25) is 0 Å². The number of rotatable bonds is 2. The molecule has 0 aliphatic carbocycles. The molecule has 3 nitrogen and oxygen atoms in total. The lowest BCUT2D eigenvalue weighted by Crippen LogP contribution is -1.79. The van der Waals surface area contributed by atoms with E-state index in [1.165, 1.54) is 17.7 Å². The molecule has 52 valence electrons. The van der Waals surface area contributed by atoms with Gasteiger partial charge in [-0.15, -0.1) is 9.39 Å². The van der Waals surface area contributed by atoms with Crippen LogP contribution in [0.3, 0.4) is 0 Å². The molecule has 0 unspecified atom stereocenters. The molecule has 0 amide bonds. The van der Waals surface area contributed by atoms with Crippen LogP contribution in [0.25, 0.3) is 0 Å². The smallest absolute Gasteiger partial charge is 0.133 e. The first-order chi connectivity index (χ1) is 4.88. The van der Waals surface area contributed by atoms with Crippen molar-refractivity contribution in [2.45, 2.75) is 0 Å². The van der Waals surface area contributed by atoms with Crippen LogP contribution in [0.1, 0.15) is 0 Å². The summed E-state index contributed by atoms with van der Waals surface area (Å²) in [5.41, 5.74) is 1.52. The largest absolute Gasteiger partial charge is 0.222 e. The third-order valence-electron chi connectivity index (χ3n) is 1.10. The molecule has 1 aromatic rings. The van der Waals surface area contributed by atoms with E-state index in [1.54, 1.807) is 12.1 Å². The van der Waals surface area contributed by atoms with E-state index in [4.69, 9.17) is 0 Å². The monoisotopic (exact) mass is 140 g/mol. The van der Waals surface area contributed by atoms with Gasteiger partial charge in [0, 0.05) is 0 Å². The number of nitrogens with one attached hydrogen (secondary N) is 1. The van der Waals surface area contributed by atoms with E-state index in [2.05, 4.69) is 5.18 Å². The molecule has 0 saturated carbocycles. The second kappa shape index (κ2) is 2.91. The molecular weight excluding hydrogens is 135 g/mol. The lowest BCUT2D eigenvalue weighted by Gasteiger charge is -1.95. The molecular formula is C6H5FN2O. The zero-order valence-electron chi connectivity index (χ0n) is 5.04. The van der Waals surface area contributed by atoms with Gasteiger partial charge in [-0.05, 0) is 17.3 Å². The summed E-state index contributed by atoms with van der Waals surface area (Å²) < 4.78 is 11.7. The Balaban J connectivity index is 3.08. The highest BCUT2D eigenvalue weighted by Crippen LogP contribution is 2.23. The fourth-order valence-corrected chi connectivity index (χ4v) is 0.633.